The van der Waals surface area contributed by atoms with Gasteiger partial charge < -0.3 is 14.7 Å². The summed E-state index contributed by atoms with van der Waals surface area (Å²) < 4.78 is 34.3. The minimum Gasteiger partial charge on any atom is -0.481 e. The summed E-state index contributed by atoms with van der Waals surface area (Å²) in [5.41, 5.74) is 3.22. The SMILES string of the molecule is COP(=O)(CCc1c(C(C)C)nc(-c2ccccc2)n1-c1ccc(F)cc1)C[C@@H](O)CC(=O)O. The van der Waals surface area contributed by atoms with Gasteiger partial charge in [-0.15, -0.1) is 0 Å². The Balaban J connectivity index is 2.06. The number of carbonyl (C=O) groups is 1. The van der Waals surface area contributed by atoms with Crippen LogP contribution in [0.15, 0.2) is 54.6 Å². The zero-order valence-electron chi connectivity index (χ0n) is 19.5. The molecule has 2 aromatic carbocycles. The fraction of sp³-hybridized carbons (Fsp3) is 0.360. The lowest BCUT2D eigenvalue weighted by atomic mass is 10.1. The van der Waals surface area contributed by atoms with Crippen LogP contribution in [0.5, 0.6) is 0 Å². The summed E-state index contributed by atoms with van der Waals surface area (Å²) in [6, 6.07) is 15.7. The maximum Gasteiger partial charge on any atom is 0.305 e. The molecule has 1 aromatic heterocycles. The molecule has 7 nitrogen and oxygen atoms in total. The predicted octanol–water partition coefficient (Wildman–Crippen LogP) is 5.10. The van der Waals surface area contributed by atoms with Crippen LogP contribution in [0, 0.1) is 5.82 Å². The van der Waals surface area contributed by atoms with Crippen molar-refractivity contribution in [1.29, 1.82) is 0 Å². The van der Waals surface area contributed by atoms with E-state index in [0.29, 0.717) is 17.9 Å². The number of aliphatic hydroxyl groups is 1. The summed E-state index contributed by atoms with van der Waals surface area (Å²) in [6.45, 7) is 4.03. The third-order valence-corrected chi connectivity index (χ3v) is 8.14. The Morgan fingerprint density at radius 2 is 1.79 bits per heavy atom. The molecule has 1 heterocycles. The monoisotopic (exact) mass is 488 g/mol. The zero-order chi connectivity index (χ0) is 24.9. The number of halogens is 1. The van der Waals surface area contributed by atoms with Crippen LogP contribution < -0.4 is 0 Å². The number of nitrogens with zero attached hydrogens (tertiary/aromatic N) is 2. The Morgan fingerprint density at radius 1 is 1.15 bits per heavy atom. The van der Waals surface area contributed by atoms with Gasteiger partial charge in [0, 0.05) is 30.2 Å². The minimum atomic E-state index is -3.32. The maximum atomic E-state index is 13.7. The first-order chi connectivity index (χ1) is 16.1. The first-order valence-corrected chi connectivity index (χ1v) is 13.1. The summed E-state index contributed by atoms with van der Waals surface area (Å²) in [6.07, 6.45) is -1.61. The molecular formula is C25H30FN2O5P. The summed E-state index contributed by atoms with van der Waals surface area (Å²) in [4.78, 5) is 15.8. The van der Waals surface area contributed by atoms with Crippen LogP contribution in [0.2, 0.25) is 0 Å². The molecule has 0 aliphatic heterocycles. The van der Waals surface area contributed by atoms with Crippen LogP contribution in [-0.4, -0.2) is 51.3 Å². The van der Waals surface area contributed by atoms with Gasteiger partial charge in [0.1, 0.15) is 11.6 Å². The molecule has 2 atom stereocenters. The molecule has 2 N–H and O–H groups in total. The Hall–Kier alpha value is -2.80. The van der Waals surface area contributed by atoms with Crippen molar-refractivity contribution >= 4 is 13.3 Å². The molecule has 34 heavy (non-hydrogen) atoms. The number of aromatic nitrogens is 2. The van der Waals surface area contributed by atoms with Gasteiger partial charge in [0.25, 0.3) is 0 Å². The van der Waals surface area contributed by atoms with E-state index < -0.39 is 25.9 Å². The number of aliphatic carboxylic acids is 1. The standard InChI is InChI=1S/C25H30FN2O5P/c1-17(2)24-22(13-14-34(32,33-3)16-21(29)15-23(30)31)28(20-11-9-19(26)10-12-20)25(27-24)18-7-5-4-6-8-18/h4-12,17,21,29H,13-16H2,1-3H3,(H,30,31)/t21-,34?/m0/s1. The fourth-order valence-corrected chi connectivity index (χ4v) is 5.78. The molecule has 0 bridgehead atoms. The number of carboxylic acid groups (broad SMARTS) is 1. The van der Waals surface area contributed by atoms with Gasteiger partial charge in [-0.05, 0) is 36.6 Å². The third kappa shape index (κ3) is 6.20. The highest BCUT2D eigenvalue weighted by Crippen LogP contribution is 2.48. The van der Waals surface area contributed by atoms with Gasteiger partial charge in [0.2, 0.25) is 7.37 Å². The van der Waals surface area contributed by atoms with Gasteiger partial charge in [-0.2, -0.15) is 0 Å². The molecule has 0 radical (unpaired) electrons. The highest BCUT2D eigenvalue weighted by atomic mass is 31.2. The van der Waals surface area contributed by atoms with Crippen LogP contribution in [0.4, 0.5) is 4.39 Å². The van der Waals surface area contributed by atoms with Crippen molar-refractivity contribution in [2.45, 2.75) is 38.7 Å². The predicted molar refractivity (Wildman–Crippen MR) is 129 cm³/mol. The van der Waals surface area contributed by atoms with E-state index in [2.05, 4.69) is 0 Å². The lowest BCUT2D eigenvalue weighted by Gasteiger charge is -2.20. The van der Waals surface area contributed by atoms with Crippen molar-refractivity contribution in [3.05, 3.63) is 71.8 Å². The molecular weight excluding hydrogens is 458 g/mol. The summed E-state index contributed by atoms with van der Waals surface area (Å²) in [7, 11) is -2.01. The van der Waals surface area contributed by atoms with Gasteiger partial charge >= 0.3 is 5.97 Å². The van der Waals surface area contributed by atoms with E-state index in [-0.39, 0.29) is 24.1 Å². The zero-order valence-corrected chi connectivity index (χ0v) is 20.4. The Morgan fingerprint density at radius 3 is 2.35 bits per heavy atom. The van der Waals surface area contributed by atoms with Gasteiger partial charge in [-0.3, -0.25) is 13.9 Å². The molecule has 0 aliphatic carbocycles. The third-order valence-electron chi connectivity index (χ3n) is 5.59. The van der Waals surface area contributed by atoms with E-state index in [1.165, 1.54) is 19.2 Å². The highest BCUT2D eigenvalue weighted by molar-refractivity contribution is 7.59. The van der Waals surface area contributed by atoms with Crippen LogP contribution in [0.3, 0.4) is 0 Å². The quantitative estimate of drug-likeness (QED) is 0.364. The van der Waals surface area contributed by atoms with Crippen molar-refractivity contribution < 1.29 is 28.5 Å². The number of carboxylic acids is 1. The highest BCUT2D eigenvalue weighted by Gasteiger charge is 2.29. The topological polar surface area (TPSA) is 102 Å². The molecule has 1 unspecified atom stereocenters. The van der Waals surface area contributed by atoms with Crippen molar-refractivity contribution in [3.63, 3.8) is 0 Å². The second kappa shape index (κ2) is 11.1. The molecule has 3 aromatic rings. The van der Waals surface area contributed by atoms with Crippen LogP contribution in [0.1, 0.15) is 37.6 Å². The maximum absolute atomic E-state index is 13.7. The Kier molecular flexibility index (Phi) is 8.42. The van der Waals surface area contributed by atoms with Gasteiger partial charge in [-0.25, -0.2) is 9.37 Å². The molecule has 9 heteroatoms. The Bertz CT molecular complexity index is 1160. The smallest absolute Gasteiger partial charge is 0.305 e. The van der Waals surface area contributed by atoms with Crippen molar-refractivity contribution in [1.82, 2.24) is 9.55 Å². The summed E-state index contributed by atoms with van der Waals surface area (Å²) in [5, 5.41) is 19.0. The van der Waals surface area contributed by atoms with E-state index in [1.807, 2.05) is 48.7 Å². The van der Waals surface area contributed by atoms with E-state index in [4.69, 9.17) is 14.6 Å². The summed E-state index contributed by atoms with van der Waals surface area (Å²) >= 11 is 0. The molecule has 0 saturated heterocycles. The van der Waals surface area contributed by atoms with Crippen molar-refractivity contribution in [3.8, 4) is 17.1 Å². The molecule has 3 rings (SSSR count). The molecule has 0 saturated carbocycles. The van der Waals surface area contributed by atoms with E-state index in [0.717, 1.165) is 17.0 Å². The summed E-state index contributed by atoms with van der Waals surface area (Å²) in [5.74, 6) is -0.783. The molecule has 0 spiro atoms. The van der Waals surface area contributed by atoms with E-state index in [1.54, 1.807) is 12.1 Å². The minimum absolute atomic E-state index is 0.0543. The van der Waals surface area contributed by atoms with Crippen molar-refractivity contribution in [2.75, 3.05) is 19.4 Å². The number of rotatable bonds is 11. The average Bonchev–Trinajstić information content (AvgIpc) is 3.18. The van der Waals surface area contributed by atoms with Gasteiger partial charge in [0.05, 0.1) is 24.4 Å². The molecule has 0 amide bonds. The van der Waals surface area contributed by atoms with Crippen molar-refractivity contribution in [2.24, 2.45) is 0 Å². The fourth-order valence-electron chi connectivity index (χ4n) is 3.94. The second-order valence-electron chi connectivity index (χ2n) is 8.50. The normalized spacial score (nSPS) is 14.2. The molecule has 0 fully saturated rings. The van der Waals surface area contributed by atoms with Gasteiger partial charge in [-0.1, -0.05) is 44.2 Å². The number of hydrogen-bond donors (Lipinski definition) is 2. The first-order valence-electron chi connectivity index (χ1n) is 11.1. The number of imidazole rings is 1. The molecule has 0 aliphatic rings. The van der Waals surface area contributed by atoms with Gasteiger partial charge in [0.15, 0.2) is 0 Å². The second-order valence-corrected chi connectivity index (χ2v) is 11.3. The Labute approximate surface area is 198 Å². The lowest BCUT2D eigenvalue weighted by molar-refractivity contribution is -0.138. The van der Waals surface area contributed by atoms with Crippen LogP contribution in [-0.2, 0) is 20.3 Å². The lowest BCUT2D eigenvalue weighted by Crippen LogP contribution is -2.19. The number of hydrogen-bond acceptors (Lipinski definition) is 5. The molecule has 182 valence electrons. The first kappa shape index (κ1) is 25.8. The van der Waals surface area contributed by atoms with E-state index in [9.17, 15) is 18.9 Å². The number of benzene rings is 2. The van der Waals surface area contributed by atoms with Crippen LogP contribution >= 0.6 is 7.37 Å². The number of aliphatic hydroxyl groups excluding tert-OH is 1. The average molecular weight is 488 g/mol. The van der Waals surface area contributed by atoms with Crippen LogP contribution in [0.25, 0.3) is 17.1 Å². The van der Waals surface area contributed by atoms with E-state index >= 15 is 0 Å². The largest absolute Gasteiger partial charge is 0.481 e.